The Morgan fingerprint density at radius 2 is 2.03 bits per heavy atom. The van der Waals surface area contributed by atoms with E-state index in [2.05, 4.69) is 31.6 Å². The fraction of sp³-hybridized carbons (Fsp3) is 0.105. The van der Waals surface area contributed by atoms with Gasteiger partial charge in [-0.1, -0.05) is 28.1 Å². The van der Waals surface area contributed by atoms with Crippen LogP contribution in [-0.4, -0.2) is 33.6 Å². The van der Waals surface area contributed by atoms with Crippen molar-refractivity contribution in [3.63, 3.8) is 0 Å². The molecule has 0 atom stereocenters. The van der Waals surface area contributed by atoms with Gasteiger partial charge in [0.25, 0.3) is 5.91 Å². The van der Waals surface area contributed by atoms with Gasteiger partial charge < -0.3 is 9.47 Å². The molecule has 1 aliphatic heterocycles. The van der Waals surface area contributed by atoms with Crippen molar-refractivity contribution >= 4 is 33.7 Å². The van der Waals surface area contributed by atoms with Crippen LogP contribution in [0.25, 0.3) is 0 Å². The summed E-state index contributed by atoms with van der Waals surface area (Å²) >= 11 is 3.35. The summed E-state index contributed by atoms with van der Waals surface area (Å²) < 4.78 is 12.8. The number of carbonyl (C=O) groups excluding carboxylic acids is 1. The summed E-state index contributed by atoms with van der Waals surface area (Å²) in [6.07, 6.45) is 2.61. The minimum atomic E-state index is -0.784. The van der Waals surface area contributed by atoms with Crippen LogP contribution in [-0.2, 0) is 6.54 Å². The van der Waals surface area contributed by atoms with Gasteiger partial charge in [0.1, 0.15) is 6.20 Å². The van der Waals surface area contributed by atoms with Crippen molar-refractivity contribution in [2.24, 2.45) is 5.10 Å². The number of nitro groups is 1. The molecule has 11 heteroatoms. The topological polar surface area (TPSA) is 121 Å². The van der Waals surface area contributed by atoms with E-state index in [1.807, 2.05) is 24.3 Å². The van der Waals surface area contributed by atoms with Crippen LogP contribution in [0.2, 0.25) is 0 Å². The molecular weight excluding hydrogens is 458 g/mol. The van der Waals surface area contributed by atoms with Crippen molar-refractivity contribution in [3.05, 3.63) is 80.1 Å². The van der Waals surface area contributed by atoms with E-state index < -0.39 is 16.5 Å². The Morgan fingerprint density at radius 3 is 2.80 bits per heavy atom. The summed E-state index contributed by atoms with van der Waals surface area (Å²) in [6.45, 7) is 0.432. The molecule has 152 valence electrons. The molecule has 2 aromatic carbocycles. The van der Waals surface area contributed by atoms with Crippen LogP contribution in [0.3, 0.4) is 0 Å². The number of amides is 1. The average molecular weight is 472 g/mol. The standard InChI is InChI=1S/C19H14BrN5O5/c20-14-4-1-12(2-5-14)9-24-10-15(25(27)28)18(23-24)19(26)22-21-8-13-3-6-16-17(7-13)30-11-29-16/h1-8,10H,9,11H2,(H,22,26)/b21-8+. The zero-order valence-electron chi connectivity index (χ0n) is 15.3. The fourth-order valence-corrected chi connectivity index (χ4v) is 3.04. The third-order valence-electron chi connectivity index (χ3n) is 4.19. The Hall–Kier alpha value is -3.73. The highest BCUT2D eigenvalue weighted by atomic mass is 79.9. The molecule has 0 spiro atoms. The molecule has 1 amide bonds. The molecule has 0 saturated carbocycles. The van der Waals surface area contributed by atoms with Gasteiger partial charge in [-0.25, -0.2) is 5.43 Å². The Bertz CT molecular complexity index is 1140. The van der Waals surface area contributed by atoms with E-state index in [-0.39, 0.29) is 19.0 Å². The van der Waals surface area contributed by atoms with Gasteiger partial charge in [0.2, 0.25) is 12.5 Å². The molecule has 0 saturated heterocycles. The predicted octanol–water partition coefficient (Wildman–Crippen LogP) is 3.09. The maximum Gasteiger partial charge on any atom is 0.320 e. The highest BCUT2D eigenvalue weighted by Gasteiger charge is 2.25. The van der Waals surface area contributed by atoms with Crippen molar-refractivity contribution in [2.75, 3.05) is 6.79 Å². The zero-order valence-corrected chi connectivity index (χ0v) is 16.9. The monoisotopic (exact) mass is 471 g/mol. The van der Waals surface area contributed by atoms with Crippen molar-refractivity contribution in [1.29, 1.82) is 0 Å². The second-order valence-electron chi connectivity index (χ2n) is 6.26. The van der Waals surface area contributed by atoms with E-state index in [4.69, 9.17) is 9.47 Å². The molecule has 0 unspecified atom stereocenters. The molecule has 3 aromatic rings. The number of benzene rings is 2. The van der Waals surface area contributed by atoms with E-state index in [0.29, 0.717) is 17.1 Å². The van der Waals surface area contributed by atoms with Gasteiger partial charge in [-0.3, -0.25) is 19.6 Å². The van der Waals surface area contributed by atoms with Crippen molar-refractivity contribution in [3.8, 4) is 11.5 Å². The van der Waals surface area contributed by atoms with Crippen LogP contribution in [0, 0.1) is 10.1 Å². The van der Waals surface area contributed by atoms with Gasteiger partial charge in [0.15, 0.2) is 11.5 Å². The first-order chi connectivity index (χ1) is 14.5. The number of fused-ring (bicyclic) bond motifs is 1. The lowest BCUT2D eigenvalue weighted by Gasteiger charge is -2.01. The number of carbonyl (C=O) groups is 1. The summed E-state index contributed by atoms with van der Waals surface area (Å²) in [4.78, 5) is 23.1. The van der Waals surface area contributed by atoms with Crippen LogP contribution in [0.15, 0.2) is 58.2 Å². The molecule has 2 heterocycles. The molecule has 1 aliphatic rings. The van der Waals surface area contributed by atoms with Crippen LogP contribution in [0.5, 0.6) is 11.5 Å². The Balaban J connectivity index is 1.47. The molecule has 1 aromatic heterocycles. The van der Waals surface area contributed by atoms with Gasteiger partial charge >= 0.3 is 5.69 Å². The summed E-state index contributed by atoms with van der Waals surface area (Å²) in [5, 5.41) is 19.3. The first-order valence-corrected chi connectivity index (χ1v) is 9.48. The number of halogens is 1. The highest BCUT2D eigenvalue weighted by Crippen LogP contribution is 2.32. The number of rotatable bonds is 6. The largest absolute Gasteiger partial charge is 0.454 e. The molecule has 0 bridgehead atoms. The predicted molar refractivity (Wildman–Crippen MR) is 110 cm³/mol. The van der Waals surface area contributed by atoms with E-state index in [1.54, 1.807) is 18.2 Å². The minimum absolute atomic E-state index is 0.152. The molecule has 0 fully saturated rings. The number of ether oxygens (including phenoxy) is 2. The van der Waals surface area contributed by atoms with Gasteiger partial charge in [0.05, 0.1) is 17.7 Å². The third-order valence-corrected chi connectivity index (χ3v) is 4.72. The second-order valence-corrected chi connectivity index (χ2v) is 7.17. The first-order valence-electron chi connectivity index (χ1n) is 8.69. The molecule has 0 radical (unpaired) electrons. The van der Waals surface area contributed by atoms with Crippen molar-refractivity contribution in [2.45, 2.75) is 6.54 Å². The molecule has 30 heavy (non-hydrogen) atoms. The summed E-state index contributed by atoms with van der Waals surface area (Å²) in [7, 11) is 0. The zero-order chi connectivity index (χ0) is 21.1. The van der Waals surface area contributed by atoms with Crippen LogP contribution >= 0.6 is 15.9 Å². The van der Waals surface area contributed by atoms with Gasteiger partial charge in [-0.05, 0) is 41.5 Å². The summed E-state index contributed by atoms with van der Waals surface area (Å²) in [5.74, 6) is 0.420. The maximum atomic E-state index is 12.4. The number of nitrogens with zero attached hydrogens (tertiary/aromatic N) is 4. The molecular formula is C19H14BrN5O5. The summed E-state index contributed by atoms with van der Waals surface area (Å²) in [5.41, 5.74) is 3.09. The van der Waals surface area contributed by atoms with Gasteiger partial charge in [-0.15, -0.1) is 0 Å². The number of aromatic nitrogens is 2. The van der Waals surface area contributed by atoms with E-state index >= 15 is 0 Å². The van der Waals surface area contributed by atoms with Gasteiger partial charge in [0, 0.05) is 4.47 Å². The number of nitrogens with one attached hydrogen (secondary N) is 1. The van der Waals surface area contributed by atoms with Crippen LogP contribution in [0.4, 0.5) is 5.69 Å². The molecule has 10 nitrogen and oxygen atoms in total. The third kappa shape index (κ3) is 4.30. The number of hydrogen-bond donors (Lipinski definition) is 1. The van der Waals surface area contributed by atoms with Crippen molar-refractivity contribution in [1.82, 2.24) is 15.2 Å². The first kappa shape index (κ1) is 19.6. The van der Waals surface area contributed by atoms with Crippen LogP contribution < -0.4 is 14.9 Å². The van der Waals surface area contributed by atoms with Crippen molar-refractivity contribution < 1.29 is 19.2 Å². The van der Waals surface area contributed by atoms with Crippen LogP contribution in [0.1, 0.15) is 21.6 Å². The van der Waals surface area contributed by atoms with E-state index in [9.17, 15) is 14.9 Å². The lowest BCUT2D eigenvalue weighted by molar-refractivity contribution is -0.385. The lowest BCUT2D eigenvalue weighted by Crippen LogP contribution is -2.19. The number of hydrazone groups is 1. The quantitative estimate of drug-likeness (QED) is 0.335. The number of hydrogen-bond acceptors (Lipinski definition) is 7. The SMILES string of the molecule is O=C(N/N=C/c1ccc2c(c1)OCO2)c1nn(Cc2ccc(Br)cc2)cc1[N+](=O)[O-]. The minimum Gasteiger partial charge on any atom is -0.454 e. The summed E-state index contributed by atoms with van der Waals surface area (Å²) in [6, 6.07) is 12.6. The smallest absolute Gasteiger partial charge is 0.320 e. The van der Waals surface area contributed by atoms with E-state index in [0.717, 1.165) is 10.0 Å². The lowest BCUT2D eigenvalue weighted by atomic mass is 10.2. The highest BCUT2D eigenvalue weighted by molar-refractivity contribution is 9.10. The van der Waals surface area contributed by atoms with Gasteiger partial charge in [-0.2, -0.15) is 10.2 Å². The fourth-order valence-electron chi connectivity index (χ4n) is 2.78. The second kappa shape index (κ2) is 8.33. The average Bonchev–Trinajstić information content (AvgIpc) is 3.36. The molecule has 0 aliphatic carbocycles. The Labute approximate surface area is 178 Å². The Kier molecular flexibility index (Phi) is 5.44. The molecule has 4 rings (SSSR count). The maximum absolute atomic E-state index is 12.4. The molecule has 1 N–H and O–H groups in total. The Morgan fingerprint density at radius 1 is 1.27 bits per heavy atom. The van der Waals surface area contributed by atoms with E-state index in [1.165, 1.54) is 17.1 Å². The normalized spacial score (nSPS) is 12.3.